The Balaban J connectivity index is 2.07. The maximum Gasteiger partial charge on any atom is 0.407 e. The first-order valence-electron chi connectivity index (χ1n) is 9.49. The van der Waals surface area contributed by atoms with E-state index < -0.39 is 34.1 Å². The number of furan rings is 1. The van der Waals surface area contributed by atoms with Crippen molar-refractivity contribution in [3.05, 3.63) is 42.0 Å². The van der Waals surface area contributed by atoms with E-state index in [9.17, 15) is 31.5 Å². The molecule has 10 heteroatoms. The van der Waals surface area contributed by atoms with Gasteiger partial charge in [0, 0.05) is 23.1 Å². The minimum atomic E-state index is -4.74. The van der Waals surface area contributed by atoms with Crippen LogP contribution in [0.25, 0.3) is 21.9 Å². The Hall–Kier alpha value is -2.59. The number of carbonyl (C=O) groups is 1. The van der Waals surface area contributed by atoms with E-state index in [1.54, 1.807) is 19.9 Å². The molecule has 0 saturated carbocycles. The number of carboxylic acids is 1. The van der Waals surface area contributed by atoms with E-state index in [2.05, 4.69) is 5.32 Å². The van der Waals surface area contributed by atoms with E-state index >= 15 is 0 Å². The zero-order chi connectivity index (χ0) is 23.1. The first-order valence-corrected chi connectivity index (χ1v) is 11.4. The number of halogens is 3. The van der Waals surface area contributed by atoms with Gasteiger partial charge in [-0.1, -0.05) is 26.0 Å². The summed E-state index contributed by atoms with van der Waals surface area (Å²) < 4.78 is 70.6. The SMILES string of the molecule is CC(C)C[C@H](NC(c1ccc2c(c1)oc1cc(S(C)(=O)=O)ccc12)C(F)(F)F)C(=O)O. The number of hydrogen-bond acceptors (Lipinski definition) is 5. The third kappa shape index (κ3) is 5.01. The highest BCUT2D eigenvalue weighted by Crippen LogP contribution is 2.37. The largest absolute Gasteiger partial charge is 0.480 e. The molecule has 0 aliphatic rings. The fourth-order valence-electron chi connectivity index (χ4n) is 3.48. The highest BCUT2D eigenvalue weighted by Gasteiger charge is 2.43. The quantitative estimate of drug-likeness (QED) is 0.535. The molecule has 0 bridgehead atoms. The molecule has 2 N–H and O–H groups in total. The van der Waals surface area contributed by atoms with Crippen molar-refractivity contribution in [2.75, 3.05) is 6.26 Å². The summed E-state index contributed by atoms with van der Waals surface area (Å²) in [6, 6.07) is 4.61. The van der Waals surface area contributed by atoms with Crippen molar-refractivity contribution >= 4 is 37.7 Å². The summed E-state index contributed by atoms with van der Waals surface area (Å²) in [5.41, 5.74) is 0.178. The van der Waals surface area contributed by atoms with Gasteiger partial charge < -0.3 is 9.52 Å². The molecule has 0 saturated heterocycles. The van der Waals surface area contributed by atoms with E-state index in [1.807, 2.05) is 0 Å². The first kappa shape index (κ1) is 23.1. The summed E-state index contributed by atoms with van der Waals surface area (Å²) in [6.07, 6.45) is -3.67. The minimum absolute atomic E-state index is 0.0308. The number of rotatable bonds is 7. The van der Waals surface area contributed by atoms with Crippen molar-refractivity contribution in [1.82, 2.24) is 5.32 Å². The molecule has 2 atom stereocenters. The van der Waals surface area contributed by atoms with Crippen molar-refractivity contribution in [2.24, 2.45) is 5.92 Å². The van der Waals surface area contributed by atoms with Gasteiger partial charge in [0.05, 0.1) is 4.90 Å². The molecular weight excluding hydrogens is 435 g/mol. The number of fused-ring (bicyclic) bond motifs is 3. The molecule has 1 unspecified atom stereocenters. The van der Waals surface area contributed by atoms with Crippen LogP contribution in [0.1, 0.15) is 31.9 Å². The zero-order valence-corrected chi connectivity index (χ0v) is 17.8. The molecular formula is C21H22F3NO5S. The molecule has 3 rings (SSSR count). The normalized spacial score (nSPS) is 14.9. The number of hydrogen-bond donors (Lipinski definition) is 2. The molecule has 1 heterocycles. The zero-order valence-electron chi connectivity index (χ0n) is 17.0. The molecule has 31 heavy (non-hydrogen) atoms. The number of nitrogens with one attached hydrogen (secondary N) is 1. The summed E-state index contributed by atoms with van der Waals surface area (Å²) in [5, 5.41) is 12.7. The second-order valence-electron chi connectivity index (χ2n) is 7.95. The van der Waals surface area contributed by atoms with Gasteiger partial charge in [-0.25, -0.2) is 8.42 Å². The van der Waals surface area contributed by atoms with Crippen LogP contribution in [0, 0.1) is 5.92 Å². The summed E-state index contributed by atoms with van der Waals surface area (Å²) in [7, 11) is -3.48. The predicted molar refractivity (Wildman–Crippen MR) is 110 cm³/mol. The minimum Gasteiger partial charge on any atom is -0.480 e. The Morgan fingerprint density at radius 2 is 1.68 bits per heavy atom. The van der Waals surface area contributed by atoms with Crippen LogP contribution in [0.15, 0.2) is 45.7 Å². The van der Waals surface area contributed by atoms with Crippen LogP contribution < -0.4 is 5.32 Å². The van der Waals surface area contributed by atoms with Crippen LogP contribution in [-0.2, 0) is 14.6 Å². The second-order valence-corrected chi connectivity index (χ2v) is 9.97. The van der Waals surface area contributed by atoms with Gasteiger partial charge in [0.15, 0.2) is 9.84 Å². The van der Waals surface area contributed by atoms with Gasteiger partial charge in [-0.2, -0.15) is 13.2 Å². The molecule has 168 valence electrons. The van der Waals surface area contributed by atoms with E-state index in [-0.39, 0.29) is 34.0 Å². The Morgan fingerprint density at radius 1 is 1.10 bits per heavy atom. The van der Waals surface area contributed by atoms with Gasteiger partial charge in [0.25, 0.3) is 0 Å². The smallest absolute Gasteiger partial charge is 0.407 e. The fourth-order valence-corrected chi connectivity index (χ4v) is 4.11. The van der Waals surface area contributed by atoms with Crippen LogP contribution in [0.5, 0.6) is 0 Å². The summed E-state index contributed by atoms with van der Waals surface area (Å²) >= 11 is 0. The fraction of sp³-hybridized carbons (Fsp3) is 0.381. The number of sulfone groups is 1. The molecule has 1 aromatic heterocycles. The van der Waals surface area contributed by atoms with Crippen LogP contribution in [0.4, 0.5) is 13.2 Å². The van der Waals surface area contributed by atoms with Gasteiger partial charge >= 0.3 is 12.1 Å². The van der Waals surface area contributed by atoms with Crippen molar-refractivity contribution < 1.29 is 35.9 Å². The molecule has 0 amide bonds. The predicted octanol–water partition coefficient (Wildman–Crippen LogP) is 4.68. The lowest BCUT2D eigenvalue weighted by atomic mass is 9.99. The third-order valence-corrected chi connectivity index (χ3v) is 6.04. The molecule has 0 radical (unpaired) electrons. The van der Waals surface area contributed by atoms with Crippen molar-refractivity contribution in [3.63, 3.8) is 0 Å². The average Bonchev–Trinajstić information content (AvgIpc) is 2.99. The molecule has 0 spiro atoms. The van der Waals surface area contributed by atoms with E-state index in [1.165, 1.54) is 30.3 Å². The maximum absolute atomic E-state index is 13.8. The lowest BCUT2D eigenvalue weighted by molar-refractivity contribution is -0.163. The summed E-state index contributed by atoms with van der Waals surface area (Å²) in [6.45, 7) is 3.46. The van der Waals surface area contributed by atoms with Gasteiger partial charge in [-0.05, 0) is 36.1 Å². The Labute approximate surface area is 177 Å². The van der Waals surface area contributed by atoms with Gasteiger partial charge in [0.2, 0.25) is 0 Å². The number of carboxylic acid groups (broad SMARTS) is 1. The standard InChI is InChI=1S/C21H22F3NO5S/c1-11(2)8-16(20(26)27)25-19(21(22,23)24)12-4-6-14-15-7-5-13(31(3,28)29)10-18(15)30-17(14)9-12/h4-7,9-11,16,19,25H,8H2,1-3H3,(H,26,27)/t16-,19?/m0/s1. The topological polar surface area (TPSA) is 96.6 Å². The highest BCUT2D eigenvalue weighted by atomic mass is 32.2. The Bertz CT molecular complexity index is 1230. The number of alkyl halides is 3. The number of aliphatic carboxylic acids is 1. The van der Waals surface area contributed by atoms with Gasteiger partial charge in [-0.15, -0.1) is 0 Å². The molecule has 3 aromatic rings. The second kappa shape index (κ2) is 8.16. The first-order chi connectivity index (χ1) is 14.3. The van der Waals surface area contributed by atoms with Gasteiger partial charge in [0.1, 0.15) is 23.2 Å². The van der Waals surface area contributed by atoms with Crippen LogP contribution >= 0.6 is 0 Å². The molecule has 0 aliphatic heterocycles. The van der Waals surface area contributed by atoms with Crippen LogP contribution in [0.3, 0.4) is 0 Å². The van der Waals surface area contributed by atoms with E-state index in [4.69, 9.17) is 4.42 Å². The summed E-state index contributed by atoms with van der Waals surface area (Å²) in [5.74, 6) is -1.48. The molecule has 6 nitrogen and oxygen atoms in total. The van der Waals surface area contributed by atoms with Crippen molar-refractivity contribution in [3.8, 4) is 0 Å². The van der Waals surface area contributed by atoms with Crippen LogP contribution in [0.2, 0.25) is 0 Å². The van der Waals surface area contributed by atoms with E-state index in [0.717, 1.165) is 6.26 Å². The number of benzene rings is 2. The lowest BCUT2D eigenvalue weighted by Gasteiger charge is -2.26. The monoisotopic (exact) mass is 457 g/mol. The molecule has 2 aromatic carbocycles. The maximum atomic E-state index is 13.8. The highest BCUT2D eigenvalue weighted by molar-refractivity contribution is 7.90. The lowest BCUT2D eigenvalue weighted by Crippen LogP contribution is -2.45. The average molecular weight is 457 g/mol. The molecule has 0 aliphatic carbocycles. The third-order valence-electron chi connectivity index (χ3n) is 4.93. The Kier molecular flexibility index (Phi) is 6.07. The summed E-state index contributed by atoms with van der Waals surface area (Å²) in [4.78, 5) is 11.5. The van der Waals surface area contributed by atoms with Crippen molar-refractivity contribution in [2.45, 2.75) is 43.4 Å². The van der Waals surface area contributed by atoms with Crippen molar-refractivity contribution in [1.29, 1.82) is 0 Å². The van der Waals surface area contributed by atoms with E-state index in [0.29, 0.717) is 10.8 Å². The van der Waals surface area contributed by atoms with Crippen LogP contribution in [-0.4, -0.2) is 38.0 Å². The Morgan fingerprint density at radius 3 is 2.19 bits per heavy atom. The molecule has 0 fully saturated rings. The van der Waals surface area contributed by atoms with Gasteiger partial charge in [-0.3, -0.25) is 10.1 Å².